The van der Waals surface area contributed by atoms with E-state index >= 15 is 0 Å². The maximum absolute atomic E-state index is 11.3. The molecule has 25 heavy (non-hydrogen) atoms. The number of aromatic nitrogens is 2. The van der Waals surface area contributed by atoms with Gasteiger partial charge in [0.25, 0.3) is 11.4 Å². The highest BCUT2D eigenvalue weighted by molar-refractivity contribution is 5.76. The number of nitro groups is 2. The second-order valence-electron chi connectivity index (χ2n) is 5.62. The van der Waals surface area contributed by atoms with E-state index in [0.29, 0.717) is 12.2 Å². The second kappa shape index (κ2) is 6.19. The smallest absolute Gasteiger partial charge is 0.299 e. The zero-order valence-electron chi connectivity index (χ0n) is 13.6. The fourth-order valence-electron chi connectivity index (χ4n) is 2.73. The number of rotatable bonds is 5. The Morgan fingerprint density at radius 2 is 1.84 bits per heavy atom. The molecule has 0 atom stereocenters. The normalized spacial score (nSPS) is 10.8. The Kier molecular flexibility index (Phi) is 4.05. The van der Waals surface area contributed by atoms with Crippen molar-refractivity contribution in [2.45, 2.75) is 6.54 Å². The number of fused-ring (bicyclic) bond motifs is 1. The Bertz CT molecular complexity index is 982. The van der Waals surface area contributed by atoms with E-state index in [9.17, 15) is 20.2 Å². The van der Waals surface area contributed by atoms with Crippen molar-refractivity contribution < 1.29 is 9.85 Å². The highest BCUT2D eigenvalue weighted by atomic mass is 16.6. The van der Waals surface area contributed by atoms with Crippen molar-refractivity contribution in [3.8, 4) is 0 Å². The van der Waals surface area contributed by atoms with Gasteiger partial charge in [-0.25, -0.2) is 4.98 Å². The van der Waals surface area contributed by atoms with Gasteiger partial charge >= 0.3 is 0 Å². The van der Waals surface area contributed by atoms with Crippen LogP contribution >= 0.6 is 0 Å². The molecule has 3 aromatic rings. The van der Waals surface area contributed by atoms with Crippen LogP contribution in [-0.2, 0) is 13.6 Å². The molecule has 9 nitrogen and oxygen atoms in total. The summed E-state index contributed by atoms with van der Waals surface area (Å²) in [5, 5.41) is 22.1. The van der Waals surface area contributed by atoms with E-state index < -0.39 is 9.85 Å². The lowest BCUT2D eigenvalue weighted by atomic mass is 10.2. The molecule has 0 amide bonds. The van der Waals surface area contributed by atoms with Crippen LogP contribution in [-0.4, -0.2) is 26.4 Å². The number of nitrogens with zero attached hydrogens (tertiary/aromatic N) is 5. The first-order valence-electron chi connectivity index (χ1n) is 7.43. The molecular weight excluding hydrogens is 326 g/mol. The summed E-state index contributed by atoms with van der Waals surface area (Å²) in [6.45, 7) is 0.323. The maximum atomic E-state index is 11.3. The van der Waals surface area contributed by atoms with Crippen LogP contribution in [0.3, 0.4) is 0 Å². The Morgan fingerprint density at radius 1 is 1.12 bits per heavy atom. The Hall–Kier alpha value is -3.49. The minimum Gasteiger partial charge on any atom is -0.362 e. The van der Waals surface area contributed by atoms with Gasteiger partial charge in [-0.3, -0.25) is 20.2 Å². The second-order valence-corrected chi connectivity index (χ2v) is 5.62. The number of aryl methyl sites for hydroxylation is 1. The summed E-state index contributed by atoms with van der Waals surface area (Å²) in [5.74, 6) is 0.733. The molecule has 0 aliphatic heterocycles. The van der Waals surface area contributed by atoms with Crippen molar-refractivity contribution in [3.63, 3.8) is 0 Å². The highest BCUT2D eigenvalue weighted by Crippen LogP contribution is 2.32. The fraction of sp³-hybridized carbons (Fsp3) is 0.188. The molecule has 0 bridgehead atoms. The molecule has 3 rings (SSSR count). The SMILES string of the molecule is CN(Cc1nc2ccccc2n1C)c1ccc([N+](=O)[O-])cc1[N+](=O)[O-]. The summed E-state index contributed by atoms with van der Waals surface area (Å²) in [6, 6.07) is 11.3. The number of para-hydroxylation sites is 2. The first-order chi connectivity index (χ1) is 11.9. The predicted octanol–water partition coefficient (Wildman–Crippen LogP) is 3.03. The maximum Gasteiger partial charge on any atom is 0.299 e. The number of anilines is 1. The van der Waals surface area contributed by atoms with Gasteiger partial charge in [-0.15, -0.1) is 0 Å². The van der Waals surface area contributed by atoms with Crippen molar-refractivity contribution in [1.29, 1.82) is 0 Å². The van der Waals surface area contributed by atoms with Gasteiger partial charge in [0.05, 0.1) is 33.5 Å². The monoisotopic (exact) mass is 341 g/mol. The molecule has 0 radical (unpaired) electrons. The van der Waals surface area contributed by atoms with E-state index in [1.165, 1.54) is 12.1 Å². The summed E-state index contributed by atoms with van der Waals surface area (Å²) in [4.78, 5) is 27.1. The van der Waals surface area contributed by atoms with E-state index in [0.717, 1.165) is 22.9 Å². The van der Waals surface area contributed by atoms with Crippen LogP contribution in [0.2, 0.25) is 0 Å². The molecule has 0 aliphatic carbocycles. The van der Waals surface area contributed by atoms with Crippen LogP contribution in [0.25, 0.3) is 11.0 Å². The van der Waals surface area contributed by atoms with Crippen LogP contribution in [0.15, 0.2) is 42.5 Å². The first kappa shape index (κ1) is 16.4. The number of imidazole rings is 1. The van der Waals surface area contributed by atoms with E-state index in [1.54, 1.807) is 11.9 Å². The predicted molar refractivity (Wildman–Crippen MR) is 92.6 cm³/mol. The van der Waals surface area contributed by atoms with Crippen LogP contribution in [0.4, 0.5) is 17.1 Å². The largest absolute Gasteiger partial charge is 0.362 e. The number of hydrogen-bond donors (Lipinski definition) is 0. The third kappa shape index (κ3) is 2.99. The number of non-ortho nitro benzene ring substituents is 1. The lowest BCUT2D eigenvalue weighted by Gasteiger charge is -2.18. The van der Waals surface area contributed by atoms with Crippen molar-refractivity contribution >= 4 is 28.1 Å². The molecule has 9 heteroatoms. The average molecular weight is 341 g/mol. The van der Waals surface area contributed by atoms with Crippen LogP contribution in [0.5, 0.6) is 0 Å². The fourth-order valence-corrected chi connectivity index (χ4v) is 2.73. The van der Waals surface area contributed by atoms with Gasteiger partial charge in [0, 0.05) is 20.2 Å². The van der Waals surface area contributed by atoms with Gasteiger partial charge in [-0.2, -0.15) is 0 Å². The van der Waals surface area contributed by atoms with Crippen molar-refractivity contribution in [2.24, 2.45) is 7.05 Å². The van der Waals surface area contributed by atoms with Gasteiger partial charge in [0.1, 0.15) is 11.5 Å². The number of benzene rings is 2. The third-order valence-corrected chi connectivity index (χ3v) is 4.04. The number of hydrogen-bond acceptors (Lipinski definition) is 6. The summed E-state index contributed by atoms with van der Waals surface area (Å²) in [5.41, 5.74) is 1.47. The summed E-state index contributed by atoms with van der Waals surface area (Å²) >= 11 is 0. The molecule has 0 N–H and O–H groups in total. The molecule has 128 valence electrons. The quantitative estimate of drug-likeness (QED) is 0.521. The Labute approximate surface area is 142 Å². The van der Waals surface area contributed by atoms with E-state index in [-0.39, 0.29) is 11.4 Å². The molecule has 0 saturated heterocycles. The standard InChI is InChI=1S/C16H15N5O4/c1-18(10-16-17-12-5-3-4-6-13(12)19(16)2)14-8-7-11(20(22)23)9-15(14)21(24)25/h3-9H,10H2,1-2H3. The molecule has 0 unspecified atom stereocenters. The zero-order valence-corrected chi connectivity index (χ0v) is 13.6. The van der Waals surface area contributed by atoms with Crippen molar-refractivity contribution in [3.05, 3.63) is 68.5 Å². The topological polar surface area (TPSA) is 107 Å². The van der Waals surface area contributed by atoms with E-state index in [4.69, 9.17) is 0 Å². The minimum absolute atomic E-state index is 0.294. The van der Waals surface area contributed by atoms with Crippen LogP contribution in [0, 0.1) is 20.2 Å². The molecular formula is C16H15N5O4. The van der Waals surface area contributed by atoms with Crippen molar-refractivity contribution in [1.82, 2.24) is 9.55 Å². The molecule has 0 fully saturated rings. The number of nitro benzene ring substituents is 2. The molecule has 0 aliphatic rings. The third-order valence-electron chi connectivity index (χ3n) is 4.04. The van der Waals surface area contributed by atoms with Gasteiger partial charge in [0.15, 0.2) is 0 Å². The van der Waals surface area contributed by atoms with Gasteiger partial charge in [0.2, 0.25) is 0 Å². The minimum atomic E-state index is -0.651. The summed E-state index contributed by atoms with van der Waals surface area (Å²) in [6.07, 6.45) is 0. The molecule has 0 saturated carbocycles. The molecule has 1 heterocycles. The Balaban J connectivity index is 1.97. The van der Waals surface area contributed by atoms with Gasteiger partial charge in [-0.1, -0.05) is 12.1 Å². The molecule has 2 aromatic carbocycles. The molecule has 0 spiro atoms. The lowest BCUT2D eigenvalue weighted by molar-refractivity contribution is -0.393. The van der Waals surface area contributed by atoms with E-state index in [2.05, 4.69) is 4.98 Å². The lowest BCUT2D eigenvalue weighted by Crippen LogP contribution is -2.20. The van der Waals surface area contributed by atoms with Crippen molar-refractivity contribution in [2.75, 3.05) is 11.9 Å². The van der Waals surface area contributed by atoms with Crippen LogP contribution in [0.1, 0.15) is 5.82 Å². The first-order valence-corrected chi connectivity index (χ1v) is 7.43. The summed E-state index contributed by atoms with van der Waals surface area (Å²) in [7, 11) is 3.57. The van der Waals surface area contributed by atoms with Gasteiger partial charge < -0.3 is 9.47 Å². The van der Waals surface area contributed by atoms with Gasteiger partial charge in [-0.05, 0) is 18.2 Å². The average Bonchev–Trinajstić information content (AvgIpc) is 2.90. The van der Waals surface area contributed by atoms with Crippen LogP contribution < -0.4 is 4.90 Å². The molecule has 1 aromatic heterocycles. The van der Waals surface area contributed by atoms with E-state index in [1.807, 2.05) is 35.9 Å². The summed E-state index contributed by atoms with van der Waals surface area (Å²) < 4.78 is 1.92. The Morgan fingerprint density at radius 3 is 2.48 bits per heavy atom. The zero-order chi connectivity index (χ0) is 18.1. The highest BCUT2D eigenvalue weighted by Gasteiger charge is 2.22.